The number of carbonyl (C=O) groups excluding carboxylic acids is 1. The van der Waals surface area contributed by atoms with E-state index >= 15 is 0 Å². The van der Waals surface area contributed by atoms with Crippen molar-refractivity contribution in [1.29, 1.82) is 0 Å². The van der Waals surface area contributed by atoms with E-state index in [4.69, 9.17) is 16.7 Å². The third-order valence-corrected chi connectivity index (χ3v) is 5.23. The number of Topliss-reactive ketones (excluding diaryl/α,β-unsaturated/α-hetero) is 1. The van der Waals surface area contributed by atoms with Crippen molar-refractivity contribution in [2.45, 2.75) is 58.0 Å². The Labute approximate surface area is 172 Å². The number of rotatable bonds is 10. The number of aliphatic carboxylic acids is 1. The van der Waals surface area contributed by atoms with Crippen LogP contribution in [0.4, 0.5) is 13.2 Å². The topological polar surface area (TPSA) is 59.3 Å². The highest BCUT2D eigenvalue weighted by atomic mass is 35.5. The molecule has 8 heteroatoms. The fourth-order valence-electron chi connectivity index (χ4n) is 3.66. The smallest absolute Gasteiger partial charge is 0.389 e. The maximum absolute atomic E-state index is 13.0. The van der Waals surface area contributed by atoms with Gasteiger partial charge in [-0.2, -0.15) is 13.2 Å². The first-order valence-electron chi connectivity index (χ1n) is 9.58. The largest absolute Gasteiger partial charge is 0.481 e. The minimum absolute atomic E-state index is 0.0538. The summed E-state index contributed by atoms with van der Waals surface area (Å²) in [6, 6.07) is 5.24. The predicted octanol–water partition coefficient (Wildman–Crippen LogP) is 6.18. The maximum Gasteiger partial charge on any atom is 0.389 e. The van der Waals surface area contributed by atoms with Gasteiger partial charge >= 0.3 is 12.1 Å². The first-order chi connectivity index (χ1) is 13.5. The van der Waals surface area contributed by atoms with Gasteiger partial charge in [-0.15, -0.1) is 0 Å². The number of fused-ring (bicyclic) bond motifs is 1. The van der Waals surface area contributed by atoms with Gasteiger partial charge in [-0.1, -0.05) is 24.9 Å². The van der Waals surface area contributed by atoms with E-state index in [1.165, 1.54) is 0 Å². The van der Waals surface area contributed by atoms with Gasteiger partial charge in [0, 0.05) is 53.5 Å². The summed E-state index contributed by atoms with van der Waals surface area (Å²) >= 11 is 6.12. The molecule has 1 N–H and O–H groups in total. The monoisotopic (exact) mass is 431 g/mol. The second kappa shape index (κ2) is 9.65. The van der Waals surface area contributed by atoms with Crippen molar-refractivity contribution in [3.8, 4) is 0 Å². The number of carbonyl (C=O) groups is 2. The van der Waals surface area contributed by atoms with E-state index in [-0.39, 0.29) is 31.0 Å². The van der Waals surface area contributed by atoms with E-state index in [0.29, 0.717) is 35.2 Å². The summed E-state index contributed by atoms with van der Waals surface area (Å²) in [6.07, 6.45) is -3.53. The molecule has 0 aliphatic heterocycles. The highest BCUT2D eigenvalue weighted by molar-refractivity contribution is 6.31. The van der Waals surface area contributed by atoms with Gasteiger partial charge in [0.15, 0.2) is 5.78 Å². The molecule has 1 aromatic heterocycles. The number of ketones is 1. The average Bonchev–Trinajstić information content (AvgIpc) is 2.84. The Bertz CT molecular complexity index is 889. The lowest BCUT2D eigenvalue weighted by atomic mass is 9.94. The van der Waals surface area contributed by atoms with Crippen molar-refractivity contribution in [2.24, 2.45) is 13.0 Å². The lowest BCUT2D eigenvalue weighted by molar-refractivity contribution is -0.138. The summed E-state index contributed by atoms with van der Waals surface area (Å²) in [5, 5.41) is 10.1. The van der Waals surface area contributed by atoms with Gasteiger partial charge in [0.25, 0.3) is 0 Å². The van der Waals surface area contributed by atoms with Gasteiger partial charge in [0.1, 0.15) is 0 Å². The molecular formula is C21H25ClF3NO3. The van der Waals surface area contributed by atoms with Crippen LogP contribution in [0, 0.1) is 5.92 Å². The molecule has 1 unspecified atom stereocenters. The lowest BCUT2D eigenvalue weighted by Crippen LogP contribution is -2.12. The number of halogens is 4. The number of alkyl halides is 3. The van der Waals surface area contributed by atoms with Crippen molar-refractivity contribution >= 4 is 34.3 Å². The molecule has 0 saturated heterocycles. The molecule has 0 radical (unpaired) electrons. The lowest BCUT2D eigenvalue weighted by Gasteiger charge is -2.11. The van der Waals surface area contributed by atoms with Crippen LogP contribution in [-0.4, -0.2) is 27.6 Å². The number of benzene rings is 1. The highest BCUT2D eigenvalue weighted by Crippen LogP contribution is 2.31. The normalized spacial score (nSPS) is 13.0. The Morgan fingerprint density at radius 2 is 1.86 bits per heavy atom. The first kappa shape index (κ1) is 23.3. The Balaban J connectivity index is 2.26. The second-order valence-corrected chi connectivity index (χ2v) is 7.98. The summed E-state index contributed by atoms with van der Waals surface area (Å²) in [4.78, 5) is 23.9. The Kier molecular flexibility index (Phi) is 7.74. The molecule has 2 aromatic rings. The van der Waals surface area contributed by atoms with Crippen molar-refractivity contribution < 1.29 is 27.9 Å². The van der Waals surface area contributed by atoms with Gasteiger partial charge < -0.3 is 9.67 Å². The number of hydrogen-bond acceptors (Lipinski definition) is 2. The molecule has 0 spiro atoms. The first-order valence-corrected chi connectivity index (χ1v) is 9.96. The molecule has 0 aliphatic rings. The molecule has 4 nitrogen and oxygen atoms in total. The van der Waals surface area contributed by atoms with Gasteiger partial charge in [-0.3, -0.25) is 9.59 Å². The number of aromatic nitrogens is 1. The molecule has 0 saturated carbocycles. The molecule has 1 atom stereocenters. The zero-order chi connectivity index (χ0) is 21.8. The van der Waals surface area contributed by atoms with Gasteiger partial charge in [0.05, 0.1) is 0 Å². The molecule has 0 amide bonds. The highest BCUT2D eigenvalue weighted by Gasteiger charge is 2.26. The van der Waals surface area contributed by atoms with Crippen LogP contribution >= 0.6 is 11.6 Å². The summed E-state index contributed by atoms with van der Waals surface area (Å²) in [5.41, 5.74) is 2.06. The molecule has 1 aromatic carbocycles. The van der Waals surface area contributed by atoms with E-state index in [0.717, 1.165) is 11.2 Å². The molecular weight excluding hydrogens is 407 g/mol. The number of carboxylic acid groups (broad SMARTS) is 1. The average molecular weight is 432 g/mol. The molecule has 160 valence electrons. The van der Waals surface area contributed by atoms with E-state index in [2.05, 4.69) is 0 Å². The van der Waals surface area contributed by atoms with Crippen molar-refractivity contribution in [1.82, 2.24) is 4.57 Å². The molecule has 0 bridgehead atoms. The second-order valence-electron chi connectivity index (χ2n) is 7.55. The van der Waals surface area contributed by atoms with Crippen molar-refractivity contribution in [2.75, 3.05) is 0 Å². The SMILES string of the molecule is CC(CC(=O)O)CC(=O)c1c(CCCCCC(F)(F)F)n(C)c2ccc(Cl)cc12. The maximum atomic E-state index is 13.0. The number of aryl methyl sites for hydroxylation is 1. The Hall–Kier alpha value is -2.02. The standard InChI is InChI=1S/C21H25ClF3NO3/c1-13(11-19(28)29)10-18(27)20-15-12-14(22)7-8-16(15)26(2)17(20)6-4-3-5-9-21(23,24)25/h7-8,12-13H,3-6,9-11H2,1-2H3,(H,28,29). The van der Waals surface area contributed by atoms with Gasteiger partial charge in [-0.25, -0.2) is 0 Å². The van der Waals surface area contributed by atoms with E-state index < -0.39 is 18.6 Å². The van der Waals surface area contributed by atoms with Crippen LogP contribution in [0.3, 0.4) is 0 Å². The van der Waals surface area contributed by atoms with Crippen LogP contribution in [0.25, 0.3) is 10.9 Å². The predicted molar refractivity (Wildman–Crippen MR) is 107 cm³/mol. The summed E-state index contributed by atoms with van der Waals surface area (Å²) in [7, 11) is 1.82. The number of carboxylic acids is 1. The molecule has 2 rings (SSSR count). The minimum Gasteiger partial charge on any atom is -0.481 e. The van der Waals surface area contributed by atoms with E-state index in [9.17, 15) is 22.8 Å². The van der Waals surface area contributed by atoms with Crippen LogP contribution in [0.15, 0.2) is 18.2 Å². The number of nitrogens with zero attached hydrogens (tertiary/aromatic N) is 1. The molecule has 0 fully saturated rings. The fourth-order valence-corrected chi connectivity index (χ4v) is 3.83. The van der Waals surface area contributed by atoms with Crippen LogP contribution in [0.5, 0.6) is 0 Å². The van der Waals surface area contributed by atoms with E-state index in [1.807, 2.05) is 17.7 Å². The summed E-state index contributed by atoms with van der Waals surface area (Å²) in [6.45, 7) is 1.71. The van der Waals surface area contributed by atoms with Crippen LogP contribution in [-0.2, 0) is 18.3 Å². The summed E-state index contributed by atoms with van der Waals surface area (Å²) < 4.78 is 38.9. The fraction of sp³-hybridized carbons (Fsp3) is 0.524. The summed E-state index contributed by atoms with van der Waals surface area (Å²) in [5.74, 6) is -1.46. The zero-order valence-corrected chi connectivity index (χ0v) is 17.2. The molecule has 1 heterocycles. The molecule has 29 heavy (non-hydrogen) atoms. The van der Waals surface area contributed by atoms with E-state index in [1.54, 1.807) is 19.1 Å². The van der Waals surface area contributed by atoms with Crippen LogP contribution < -0.4 is 0 Å². The minimum atomic E-state index is -4.15. The van der Waals surface area contributed by atoms with Gasteiger partial charge in [0.2, 0.25) is 0 Å². The van der Waals surface area contributed by atoms with Crippen molar-refractivity contribution in [3.05, 3.63) is 34.5 Å². The zero-order valence-electron chi connectivity index (χ0n) is 16.5. The van der Waals surface area contributed by atoms with Crippen LogP contribution in [0.2, 0.25) is 5.02 Å². The third-order valence-electron chi connectivity index (χ3n) is 4.99. The van der Waals surface area contributed by atoms with Crippen LogP contribution in [0.1, 0.15) is 61.5 Å². The Morgan fingerprint density at radius 1 is 1.17 bits per heavy atom. The van der Waals surface area contributed by atoms with Crippen molar-refractivity contribution in [3.63, 3.8) is 0 Å². The van der Waals surface area contributed by atoms with Gasteiger partial charge in [-0.05, 0) is 43.4 Å². The number of unbranched alkanes of at least 4 members (excludes halogenated alkanes) is 2. The third kappa shape index (κ3) is 6.49. The Morgan fingerprint density at radius 3 is 2.48 bits per heavy atom. The molecule has 0 aliphatic carbocycles. The quantitative estimate of drug-likeness (QED) is 0.361. The number of hydrogen-bond donors (Lipinski definition) is 1.